The fourth-order valence-corrected chi connectivity index (χ4v) is 2.40. The van der Waals surface area contributed by atoms with Gasteiger partial charge in [0.2, 0.25) is 17.7 Å². The van der Waals surface area contributed by atoms with Gasteiger partial charge in [0, 0.05) is 25.8 Å². The van der Waals surface area contributed by atoms with Crippen LogP contribution in [0.5, 0.6) is 0 Å². The van der Waals surface area contributed by atoms with E-state index in [9.17, 15) is 19.2 Å². The number of hydrogen-bond donors (Lipinski definition) is 1. The maximum Gasteiger partial charge on any atom is 0.331 e. The summed E-state index contributed by atoms with van der Waals surface area (Å²) in [5.41, 5.74) is -1.08. The molecule has 118 valence electrons. The normalized spacial score (nSPS) is 17.6. The first-order valence-electron chi connectivity index (χ1n) is 7.06. The second-order valence-corrected chi connectivity index (χ2v) is 5.31. The number of likely N-dealkylation sites (tertiary alicyclic amines) is 1. The van der Waals surface area contributed by atoms with Gasteiger partial charge in [0.25, 0.3) is 0 Å². The van der Waals surface area contributed by atoms with Gasteiger partial charge in [-0.15, -0.1) is 0 Å². The van der Waals surface area contributed by atoms with Gasteiger partial charge in [-0.05, 0) is 13.3 Å². The number of esters is 1. The number of hydrogen-bond acceptors (Lipinski definition) is 5. The molecular weight excluding hydrogens is 276 g/mol. The van der Waals surface area contributed by atoms with Crippen molar-refractivity contribution >= 4 is 23.7 Å². The van der Waals surface area contributed by atoms with Crippen LogP contribution in [-0.4, -0.2) is 47.8 Å². The summed E-state index contributed by atoms with van der Waals surface area (Å²) in [4.78, 5) is 47.7. The lowest BCUT2D eigenvalue weighted by molar-refractivity contribution is -0.151. The van der Waals surface area contributed by atoms with E-state index in [4.69, 9.17) is 4.74 Å². The minimum atomic E-state index is -1.08. The molecule has 3 amide bonds. The molecule has 0 aromatic carbocycles. The van der Waals surface area contributed by atoms with Crippen LogP contribution in [0.25, 0.3) is 0 Å². The Balaban J connectivity index is 2.56. The zero-order valence-electron chi connectivity index (χ0n) is 12.7. The van der Waals surface area contributed by atoms with E-state index in [1.54, 1.807) is 6.92 Å². The highest BCUT2D eigenvalue weighted by molar-refractivity contribution is 6.02. The van der Waals surface area contributed by atoms with Crippen LogP contribution in [0.15, 0.2) is 0 Å². The Hall–Kier alpha value is -1.92. The number of amides is 3. The van der Waals surface area contributed by atoms with Crippen molar-refractivity contribution in [3.63, 3.8) is 0 Å². The van der Waals surface area contributed by atoms with Crippen molar-refractivity contribution in [1.82, 2.24) is 10.2 Å². The fourth-order valence-electron chi connectivity index (χ4n) is 2.40. The lowest BCUT2D eigenvalue weighted by atomic mass is 9.96. The summed E-state index contributed by atoms with van der Waals surface area (Å²) in [5, 5.41) is 2.64. The van der Waals surface area contributed by atoms with Crippen molar-refractivity contribution in [3.8, 4) is 0 Å². The Kier molecular flexibility index (Phi) is 5.87. The molecule has 0 bridgehead atoms. The molecule has 0 radical (unpaired) electrons. The number of methoxy groups -OCH3 is 1. The molecule has 0 aliphatic carbocycles. The lowest BCUT2D eigenvalue weighted by Crippen LogP contribution is -2.53. The molecule has 1 saturated heterocycles. The SMILES string of the molecule is CCCC(C)(NC(=O)CCN1C(=O)CCC1=O)C(=O)OC. The molecule has 1 aliphatic rings. The highest BCUT2D eigenvalue weighted by Crippen LogP contribution is 2.15. The average Bonchev–Trinajstić information content (AvgIpc) is 2.75. The van der Waals surface area contributed by atoms with E-state index < -0.39 is 11.5 Å². The number of carbonyl (C=O) groups excluding carboxylic acids is 4. The van der Waals surface area contributed by atoms with E-state index in [0.29, 0.717) is 12.8 Å². The van der Waals surface area contributed by atoms with Crippen LogP contribution in [0.2, 0.25) is 0 Å². The molecular formula is C14H22N2O5. The predicted molar refractivity (Wildman–Crippen MR) is 74.0 cm³/mol. The van der Waals surface area contributed by atoms with Gasteiger partial charge in [-0.25, -0.2) is 4.79 Å². The van der Waals surface area contributed by atoms with Crippen LogP contribution in [-0.2, 0) is 23.9 Å². The van der Waals surface area contributed by atoms with Gasteiger partial charge >= 0.3 is 5.97 Å². The van der Waals surface area contributed by atoms with Gasteiger partial charge in [0.1, 0.15) is 5.54 Å². The third-order valence-electron chi connectivity index (χ3n) is 3.52. The van der Waals surface area contributed by atoms with Crippen LogP contribution in [0.4, 0.5) is 0 Å². The van der Waals surface area contributed by atoms with Crippen molar-refractivity contribution in [3.05, 3.63) is 0 Å². The number of carbonyl (C=O) groups is 4. The summed E-state index contributed by atoms with van der Waals surface area (Å²) in [5.74, 6) is -1.40. The molecule has 1 unspecified atom stereocenters. The molecule has 1 heterocycles. The number of ether oxygens (including phenoxy) is 1. The lowest BCUT2D eigenvalue weighted by Gasteiger charge is -2.27. The summed E-state index contributed by atoms with van der Waals surface area (Å²) < 4.78 is 4.71. The minimum Gasteiger partial charge on any atom is -0.467 e. The molecule has 1 fully saturated rings. The zero-order chi connectivity index (χ0) is 16.0. The molecule has 0 aromatic rings. The van der Waals surface area contributed by atoms with Crippen LogP contribution < -0.4 is 5.32 Å². The minimum absolute atomic E-state index is 0.0201. The fraction of sp³-hybridized carbons (Fsp3) is 0.714. The summed E-state index contributed by atoms with van der Waals surface area (Å²) in [6.07, 6.45) is 1.54. The summed E-state index contributed by atoms with van der Waals surface area (Å²) in [6, 6.07) is 0. The molecule has 0 aromatic heterocycles. The number of nitrogens with one attached hydrogen (secondary N) is 1. The predicted octanol–water partition coefficient (Wildman–Crippen LogP) is 0.374. The summed E-state index contributed by atoms with van der Waals surface area (Å²) in [6.45, 7) is 3.55. The molecule has 7 heteroatoms. The number of imide groups is 1. The van der Waals surface area contributed by atoms with Gasteiger partial charge in [0.05, 0.1) is 7.11 Å². The third kappa shape index (κ3) is 4.27. The van der Waals surface area contributed by atoms with E-state index in [1.165, 1.54) is 7.11 Å². The molecule has 21 heavy (non-hydrogen) atoms. The molecule has 7 nitrogen and oxygen atoms in total. The van der Waals surface area contributed by atoms with Crippen molar-refractivity contribution in [2.24, 2.45) is 0 Å². The number of nitrogens with zero attached hydrogens (tertiary/aromatic N) is 1. The van der Waals surface area contributed by atoms with Gasteiger partial charge in [-0.3, -0.25) is 19.3 Å². The van der Waals surface area contributed by atoms with Gasteiger partial charge in [-0.2, -0.15) is 0 Å². The van der Waals surface area contributed by atoms with Crippen LogP contribution in [0, 0.1) is 0 Å². The van der Waals surface area contributed by atoms with E-state index in [-0.39, 0.29) is 43.5 Å². The molecule has 1 atom stereocenters. The smallest absolute Gasteiger partial charge is 0.331 e. The third-order valence-corrected chi connectivity index (χ3v) is 3.52. The molecule has 0 spiro atoms. The first-order valence-corrected chi connectivity index (χ1v) is 7.06. The van der Waals surface area contributed by atoms with E-state index >= 15 is 0 Å². The largest absolute Gasteiger partial charge is 0.467 e. The summed E-state index contributed by atoms with van der Waals surface area (Å²) >= 11 is 0. The van der Waals surface area contributed by atoms with Crippen molar-refractivity contribution in [2.45, 2.75) is 51.5 Å². The standard InChI is InChI=1S/C14H22N2O5/c1-4-8-14(2,13(20)21-3)15-10(17)7-9-16-11(18)5-6-12(16)19/h4-9H2,1-3H3,(H,15,17). The Morgan fingerprint density at radius 3 is 2.33 bits per heavy atom. The van der Waals surface area contributed by atoms with Gasteiger partial charge in [-0.1, -0.05) is 13.3 Å². The van der Waals surface area contributed by atoms with Crippen LogP contribution in [0.3, 0.4) is 0 Å². The van der Waals surface area contributed by atoms with E-state index in [1.807, 2.05) is 6.92 Å². The van der Waals surface area contributed by atoms with E-state index in [0.717, 1.165) is 4.90 Å². The Morgan fingerprint density at radius 2 is 1.86 bits per heavy atom. The maximum atomic E-state index is 12.0. The Morgan fingerprint density at radius 1 is 1.29 bits per heavy atom. The number of rotatable bonds is 7. The van der Waals surface area contributed by atoms with E-state index in [2.05, 4.69) is 5.32 Å². The highest BCUT2D eigenvalue weighted by atomic mass is 16.5. The van der Waals surface area contributed by atoms with Crippen LogP contribution in [0.1, 0.15) is 46.0 Å². The first kappa shape index (κ1) is 17.1. The average molecular weight is 298 g/mol. The second kappa shape index (κ2) is 7.19. The van der Waals surface area contributed by atoms with Crippen molar-refractivity contribution < 1.29 is 23.9 Å². The quantitative estimate of drug-likeness (QED) is 0.541. The first-order chi connectivity index (χ1) is 9.84. The topological polar surface area (TPSA) is 92.8 Å². The molecule has 1 N–H and O–H groups in total. The van der Waals surface area contributed by atoms with Crippen molar-refractivity contribution in [2.75, 3.05) is 13.7 Å². The second-order valence-electron chi connectivity index (χ2n) is 5.31. The Bertz CT molecular complexity index is 433. The molecule has 1 aliphatic heterocycles. The summed E-state index contributed by atoms with van der Waals surface area (Å²) in [7, 11) is 1.27. The van der Waals surface area contributed by atoms with Gasteiger partial charge in [0.15, 0.2) is 0 Å². The highest BCUT2D eigenvalue weighted by Gasteiger charge is 2.35. The maximum absolute atomic E-state index is 12.0. The van der Waals surface area contributed by atoms with Crippen molar-refractivity contribution in [1.29, 1.82) is 0 Å². The molecule has 1 rings (SSSR count). The molecule has 0 saturated carbocycles. The zero-order valence-corrected chi connectivity index (χ0v) is 12.7. The monoisotopic (exact) mass is 298 g/mol. The Labute approximate surface area is 124 Å². The van der Waals surface area contributed by atoms with Crippen LogP contribution >= 0.6 is 0 Å². The van der Waals surface area contributed by atoms with Gasteiger partial charge < -0.3 is 10.1 Å².